The van der Waals surface area contributed by atoms with Crippen LogP contribution in [0.5, 0.6) is 0 Å². The zero-order valence-electron chi connectivity index (χ0n) is 12.4. The van der Waals surface area contributed by atoms with Crippen molar-refractivity contribution in [3.05, 3.63) is 79.9 Å². The van der Waals surface area contributed by atoms with Gasteiger partial charge in [0.1, 0.15) is 13.2 Å². The third kappa shape index (κ3) is 11.0. The summed E-state index contributed by atoms with van der Waals surface area (Å²) in [4.78, 5) is 21.6. The molecule has 0 atom stereocenters. The zero-order valence-corrected chi connectivity index (χ0v) is 12.4. The van der Waals surface area contributed by atoms with Crippen molar-refractivity contribution in [3.8, 4) is 0 Å². The third-order valence-electron chi connectivity index (χ3n) is 2.08. The minimum atomic E-state index is -0.611. The average Bonchev–Trinajstić information content (AvgIpc) is 2.57. The Bertz CT molecular complexity index is 489. The van der Waals surface area contributed by atoms with Crippen LogP contribution < -0.4 is 0 Å². The highest BCUT2D eigenvalue weighted by atomic mass is 16.5. The monoisotopic (exact) mass is 300 g/mol. The van der Waals surface area contributed by atoms with E-state index in [1.807, 2.05) is 36.4 Å². The summed E-state index contributed by atoms with van der Waals surface area (Å²) in [5, 5.41) is 0. The van der Waals surface area contributed by atoms with Crippen molar-refractivity contribution < 1.29 is 19.1 Å². The van der Waals surface area contributed by atoms with Crippen molar-refractivity contribution in [1.82, 2.24) is 0 Å². The number of rotatable bonds is 7. The molecule has 0 bridgehead atoms. The Labute approximate surface area is 131 Å². The molecular weight excluding hydrogens is 280 g/mol. The van der Waals surface area contributed by atoms with Crippen molar-refractivity contribution in [2.45, 2.75) is 0 Å². The van der Waals surface area contributed by atoms with Gasteiger partial charge in [-0.05, 0) is 5.56 Å². The maximum absolute atomic E-state index is 10.8. The van der Waals surface area contributed by atoms with Crippen LogP contribution in [0.1, 0.15) is 5.56 Å². The second kappa shape index (κ2) is 13.1. The van der Waals surface area contributed by atoms with Crippen molar-refractivity contribution in [2.75, 3.05) is 13.2 Å². The number of hydrogen-bond acceptors (Lipinski definition) is 4. The third-order valence-corrected chi connectivity index (χ3v) is 2.08. The van der Waals surface area contributed by atoms with Crippen LogP contribution in [0.3, 0.4) is 0 Å². The number of benzene rings is 1. The minimum absolute atomic E-state index is 0.116. The predicted molar refractivity (Wildman–Crippen MR) is 88.0 cm³/mol. The van der Waals surface area contributed by atoms with Gasteiger partial charge in [-0.2, -0.15) is 0 Å². The summed E-state index contributed by atoms with van der Waals surface area (Å²) in [6, 6.07) is 10.0. The Morgan fingerprint density at radius 1 is 0.864 bits per heavy atom. The molecule has 1 rings (SSSR count). The van der Waals surface area contributed by atoms with Gasteiger partial charge < -0.3 is 9.47 Å². The number of carbonyl (C=O) groups is 2. The molecular formula is C18H20O4. The Balaban J connectivity index is 0.000000461. The van der Waals surface area contributed by atoms with Gasteiger partial charge in [-0.15, -0.1) is 0 Å². The maximum Gasteiger partial charge on any atom is 0.331 e. The van der Waals surface area contributed by atoms with E-state index < -0.39 is 11.9 Å². The fourth-order valence-electron chi connectivity index (χ4n) is 1.10. The molecule has 0 fully saturated rings. The van der Waals surface area contributed by atoms with E-state index in [0.717, 1.165) is 12.2 Å². The second-order valence-electron chi connectivity index (χ2n) is 3.79. The van der Waals surface area contributed by atoms with E-state index in [1.54, 1.807) is 0 Å². The first-order valence-corrected chi connectivity index (χ1v) is 6.55. The van der Waals surface area contributed by atoms with Gasteiger partial charge in [0.25, 0.3) is 0 Å². The van der Waals surface area contributed by atoms with Gasteiger partial charge in [-0.1, -0.05) is 68.3 Å². The van der Waals surface area contributed by atoms with Crippen LogP contribution in [0.15, 0.2) is 74.4 Å². The quantitative estimate of drug-likeness (QED) is 0.440. The van der Waals surface area contributed by atoms with Crippen LogP contribution in [0, 0.1) is 0 Å². The van der Waals surface area contributed by atoms with Crippen LogP contribution in [0.2, 0.25) is 0 Å². The summed E-state index contributed by atoms with van der Waals surface area (Å²) < 4.78 is 9.15. The first-order chi connectivity index (χ1) is 10.6. The van der Waals surface area contributed by atoms with Gasteiger partial charge >= 0.3 is 11.9 Å². The predicted octanol–water partition coefficient (Wildman–Crippen LogP) is 3.33. The number of esters is 2. The van der Waals surface area contributed by atoms with Crippen LogP contribution in [-0.4, -0.2) is 25.2 Å². The summed E-state index contributed by atoms with van der Waals surface area (Å²) in [5.74, 6) is -1.22. The molecule has 22 heavy (non-hydrogen) atoms. The minimum Gasteiger partial charge on any atom is -0.458 e. The maximum atomic E-state index is 10.8. The zero-order chi connectivity index (χ0) is 16.6. The van der Waals surface area contributed by atoms with Crippen molar-refractivity contribution >= 4 is 18.0 Å². The van der Waals surface area contributed by atoms with E-state index in [4.69, 9.17) is 0 Å². The van der Waals surface area contributed by atoms with Gasteiger partial charge in [-0.25, -0.2) is 9.59 Å². The Hall–Kier alpha value is -2.88. The fraction of sp³-hybridized carbons (Fsp3) is 0.111. The summed E-state index contributed by atoms with van der Waals surface area (Å²) >= 11 is 0. The van der Waals surface area contributed by atoms with Gasteiger partial charge in [0.15, 0.2) is 0 Å². The van der Waals surface area contributed by atoms with E-state index in [0.29, 0.717) is 0 Å². The molecule has 116 valence electrons. The summed E-state index contributed by atoms with van der Waals surface area (Å²) in [5.41, 5.74) is 1.17. The first-order valence-electron chi connectivity index (χ1n) is 6.55. The van der Waals surface area contributed by atoms with E-state index >= 15 is 0 Å². The van der Waals surface area contributed by atoms with Crippen molar-refractivity contribution in [1.29, 1.82) is 0 Å². The molecule has 1 aromatic rings. The molecule has 0 radical (unpaired) electrons. The SMILES string of the molecule is C=CCOC(=O)/C=C\C(=O)OCC=C.C=Cc1ccccc1. The number of carbonyl (C=O) groups excluding carboxylic acids is 2. The normalized spacial score (nSPS) is 9.09. The average molecular weight is 300 g/mol. The molecule has 0 aromatic heterocycles. The molecule has 0 spiro atoms. The molecule has 0 aliphatic rings. The molecule has 0 heterocycles. The number of hydrogen-bond donors (Lipinski definition) is 0. The number of ether oxygens (including phenoxy) is 2. The Kier molecular flexibility index (Phi) is 11.4. The summed E-state index contributed by atoms with van der Waals surface area (Å²) in [7, 11) is 0. The van der Waals surface area contributed by atoms with Crippen LogP contribution in [-0.2, 0) is 19.1 Å². The van der Waals surface area contributed by atoms with E-state index in [-0.39, 0.29) is 13.2 Å². The van der Waals surface area contributed by atoms with Crippen LogP contribution in [0.4, 0.5) is 0 Å². The molecule has 4 heteroatoms. The molecule has 0 saturated carbocycles. The smallest absolute Gasteiger partial charge is 0.331 e. The van der Waals surface area contributed by atoms with Gasteiger partial charge in [-0.3, -0.25) is 0 Å². The highest BCUT2D eigenvalue weighted by Crippen LogP contribution is 1.97. The van der Waals surface area contributed by atoms with Crippen molar-refractivity contribution in [3.63, 3.8) is 0 Å². The molecule has 0 aliphatic carbocycles. The molecule has 1 aromatic carbocycles. The standard InChI is InChI=1S/C10H12O4.C8H8/c1-3-7-13-9(11)5-6-10(12)14-8-4-2;1-2-8-6-4-3-5-7-8/h3-6H,1-2,7-8H2;2-7H,1H2/b6-5-;. The lowest BCUT2D eigenvalue weighted by Crippen LogP contribution is -2.04. The van der Waals surface area contributed by atoms with Crippen molar-refractivity contribution in [2.24, 2.45) is 0 Å². The Morgan fingerprint density at radius 3 is 1.64 bits per heavy atom. The first kappa shape index (κ1) is 19.1. The Morgan fingerprint density at radius 2 is 1.32 bits per heavy atom. The van der Waals surface area contributed by atoms with Crippen LogP contribution >= 0.6 is 0 Å². The highest BCUT2D eigenvalue weighted by molar-refractivity contribution is 5.91. The van der Waals surface area contributed by atoms with Gasteiger partial charge in [0.05, 0.1) is 0 Å². The lowest BCUT2D eigenvalue weighted by atomic mass is 10.2. The summed E-state index contributed by atoms with van der Waals surface area (Å²) in [6.45, 7) is 10.6. The highest BCUT2D eigenvalue weighted by Gasteiger charge is 1.98. The van der Waals surface area contributed by atoms with Crippen LogP contribution in [0.25, 0.3) is 6.08 Å². The van der Waals surface area contributed by atoms with E-state index in [9.17, 15) is 9.59 Å². The molecule has 4 nitrogen and oxygen atoms in total. The molecule has 0 unspecified atom stereocenters. The lowest BCUT2D eigenvalue weighted by molar-refractivity contribution is -0.139. The van der Waals surface area contributed by atoms with E-state index in [1.165, 1.54) is 17.7 Å². The lowest BCUT2D eigenvalue weighted by Gasteiger charge is -1.96. The van der Waals surface area contributed by atoms with Gasteiger partial charge in [0.2, 0.25) is 0 Å². The molecule has 0 amide bonds. The molecule has 0 N–H and O–H groups in total. The molecule has 0 saturated heterocycles. The second-order valence-corrected chi connectivity index (χ2v) is 3.79. The largest absolute Gasteiger partial charge is 0.458 e. The summed E-state index contributed by atoms with van der Waals surface area (Å²) in [6.07, 6.45) is 6.69. The molecule has 0 aliphatic heterocycles. The van der Waals surface area contributed by atoms with Gasteiger partial charge in [0, 0.05) is 12.2 Å². The van der Waals surface area contributed by atoms with E-state index in [2.05, 4.69) is 29.2 Å². The fourth-order valence-corrected chi connectivity index (χ4v) is 1.10. The topological polar surface area (TPSA) is 52.6 Å².